The lowest BCUT2D eigenvalue weighted by molar-refractivity contribution is 0.340. The van der Waals surface area contributed by atoms with Gasteiger partial charge in [-0.05, 0) is 25.1 Å². The van der Waals surface area contributed by atoms with Gasteiger partial charge in [0.2, 0.25) is 0 Å². The van der Waals surface area contributed by atoms with Crippen LogP contribution in [0, 0.1) is 0 Å². The van der Waals surface area contributed by atoms with Gasteiger partial charge in [-0.15, -0.1) is 0 Å². The van der Waals surface area contributed by atoms with Crippen LogP contribution in [0.25, 0.3) is 0 Å². The molecule has 0 atom stereocenters. The van der Waals surface area contributed by atoms with E-state index in [1.165, 1.54) is 18.2 Å². The number of rotatable bonds is 3. The lowest BCUT2D eigenvalue weighted by Gasteiger charge is -2.05. The average molecular weight is 255 g/mol. The number of halogens is 2. The monoisotopic (exact) mass is 254 g/mol. The van der Waals surface area contributed by atoms with Crippen LogP contribution in [0.5, 0.6) is 5.75 Å². The zero-order chi connectivity index (χ0) is 10.8. The van der Waals surface area contributed by atoms with E-state index >= 15 is 0 Å². The molecule has 0 N–H and O–H groups in total. The quantitative estimate of drug-likeness (QED) is 0.780. The molecule has 0 aromatic heterocycles. The van der Waals surface area contributed by atoms with Crippen molar-refractivity contribution in [3.05, 3.63) is 23.2 Å². The molecular formula is C8H8Cl2O3S. The molecule has 0 aliphatic carbocycles. The van der Waals surface area contributed by atoms with E-state index in [2.05, 4.69) is 0 Å². The van der Waals surface area contributed by atoms with Crippen molar-refractivity contribution in [3.8, 4) is 5.75 Å². The van der Waals surface area contributed by atoms with E-state index in [1.54, 1.807) is 0 Å². The summed E-state index contributed by atoms with van der Waals surface area (Å²) in [7, 11) is 1.41. The van der Waals surface area contributed by atoms with Crippen LogP contribution >= 0.6 is 22.3 Å². The maximum atomic E-state index is 10.9. The molecule has 0 saturated heterocycles. The van der Waals surface area contributed by atoms with Crippen molar-refractivity contribution in [2.24, 2.45) is 0 Å². The van der Waals surface area contributed by atoms with Crippen molar-refractivity contribution in [3.63, 3.8) is 0 Å². The van der Waals surface area contributed by atoms with Crippen LogP contribution in [-0.2, 0) is 9.05 Å². The Bertz CT molecular complexity index is 428. The summed E-state index contributed by atoms with van der Waals surface area (Å²) in [4.78, 5) is -0.0346. The highest BCUT2D eigenvalue weighted by atomic mass is 35.7. The third-order valence-corrected chi connectivity index (χ3v) is 3.13. The molecule has 0 fully saturated rings. The summed E-state index contributed by atoms with van der Waals surface area (Å²) in [5, 5.41) is 0.230. The van der Waals surface area contributed by atoms with Gasteiger partial charge in [-0.2, -0.15) is 0 Å². The number of ether oxygens (including phenoxy) is 1. The van der Waals surface area contributed by atoms with Crippen molar-refractivity contribution in [2.45, 2.75) is 11.8 Å². The summed E-state index contributed by atoms with van der Waals surface area (Å²) in [6.45, 7) is 2.27. The molecule has 6 heteroatoms. The minimum absolute atomic E-state index is 0.0346. The molecule has 0 radical (unpaired) electrons. The predicted molar refractivity (Wildman–Crippen MR) is 55.7 cm³/mol. The third-order valence-electron chi connectivity index (χ3n) is 1.48. The summed E-state index contributed by atoms with van der Waals surface area (Å²) >= 11 is 5.77. The van der Waals surface area contributed by atoms with Crippen molar-refractivity contribution < 1.29 is 13.2 Å². The van der Waals surface area contributed by atoms with Gasteiger partial charge in [-0.1, -0.05) is 11.6 Å². The van der Waals surface area contributed by atoms with Gasteiger partial charge >= 0.3 is 0 Å². The molecule has 1 aromatic rings. The van der Waals surface area contributed by atoms with E-state index < -0.39 is 9.05 Å². The number of hydrogen-bond acceptors (Lipinski definition) is 3. The molecule has 3 nitrogen and oxygen atoms in total. The molecular weight excluding hydrogens is 247 g/mol. The van der Waals surface area contributed by atoms with Crippen molar-refractivity contribution in [2.75, 3.05) is 6.61 Å². The van der Waals surface area contributed by atoms with Crippen LogP contribution in [0.15, 0.2) is 23.1 Å². The molecule has 0 heterocycles. The number of hydrogen-bond donors (Lipinski definition) is 0. The van der Waals surface area contributed by atoms with E-state index in [0.29, 0.717) is 12.4 Å². The van der Waals surface area contributed by atoms with E-state index in [1.807, 2.05) is 6.92 Å². The van der Waals surface area contributed by atoms with Gasteiger partial charge in [0.25, 0.3) is 9.05 Å². The summed E-state index contributed by atoms with van der Waals surface area (Å²) < 4.78 is 27.0. The van der Waals surface area contributed by atoms with Crippen molar-refractivity contribution in [1.29, 1.82) is 0 Å². The normalized spacial score (nSPS) is 11.4. The highest BCUT2D eigenvalue weighted by Gasteiger charge is 2.12. The molecule has 0 aliphatic heterocycles. The van der Waals surface area contributed by atoms with E-state index in [9.17, 15) is 8.42 Å². The Morgan fingerprint density at radius 2 is 2.07 bits per heavy atom. The molecule has 1 rings (SSSR count). The Kier molecular flexibility index (Phi) is 3.64. The summed E-state index contributed by atoms with van der Waals surface area (Å²) in [5.74, 6) is 0.443. The lowest BCUT2D eigenvalue weighted by Crippen LogP contribution is -1.95. The molecule has 0 spiro atoms. The van der Waals surface area contributed by atoms with Gasteiger partial charge in [0.05, 0.1) is 16.5 Å². The predicted octanol–water partition coefficient (Wildman–Crippen LogP) is 2.67. The lowest BCUT2D eigenvalue weighted by atomic mass is 10.3. The Labute approximate surface area is 92.0 Å². The van der Waals surface area contributed by atoms with Gasteiger partial charge in [-0.3, -0.25) is 0 Å². The smallest absolute Gasteiger partial charge is 0.261 e. The fraction of sp³-hybridized carbons (Fsp3) is 0.250. The van der Waals surface area contributed by atoms with E-state index in [0.717, 1.165) is 0 Å². The molecule has 0 unspecified atom stereocenters. The molecule has 1 aromatic carbocycles. The second-order valence-electron chi connectivity index (χ2n) is 2.46. The zero-order valence-electron chi connectivity index (χ0n) is 7.33. The van der Waals surface area contributed by atoms with Gasteiger partial charge in [0.15, 0.2) is 0 Å². The van der Waals surface area contributed by atoms with Crippen LogP contribution in [0.4, 0.5) is 0 Å². The molecule has 0 saturated carbocycles. The fourth-order valence-electron chi connectivity index (χ4n) is 0.906. The Morgan fingerprint density at radius 1 is 1.43 bits per heavy atom. The molecule has 0 aliphatic rings. The van der Waals surface area contributed by atoms with Crippen molar-refractivity contribution >= 4 is 31.3 Å². The second kappa shape index (κ2) is 4.38. The molecule has 78 valence electrons. The number of benzene rings is 1. The van der Waals surface area contributed by atoms with Crippen LogP contribution in [0.1, 0.15) is 6.92 Å². The SMILES string of the molecule is CCOc1ccc(S(=O)(=O)Cl)cc1Cl. The first-order valence-corrected chi connectivity index (χ1v) is 6.51. The molecule has 14 heavy (non-hydrogen) atoms. The highest BCUT2D eigenvalue weighted by Crippen LogP contribution is 2.28. The standard InChI is InChI=1S/C8H8Cl2O3S/c1-2-13-8-4-3-6(5-7(8)9)14(10,11)12/h3-5H,2H2,1H3. The van der Waals surface area contributed by atoms with Gasteiger partial charge in [-0.25, -0.2) is 8.42 Å². The summed E-state index contributed by atoms with van der Waals surface area (Å²) in [6, 6.07) is 4.08. The first kappa shape index (κ1) is 11.6. The second-order valence-corrected chi connectivity index (χ2v) is 5.44. The Morgan fingerprint density at radius 3 is 2.50 bits per heavy atom. The van der Waals surface area contributed by atoms with E-state index in [4.69, 9.17) is 27.0 Å². The topological polar surface area (TPSA) is 43.4 Å². The highest BCUT2D eigenvalue weighted by molar-refractivity contribution is 8.13. The molecule has 0 amide bonds. The van der Waals surface area contributed by atoms with E-state index in [-0.39, 0.29) is 9.92 Å². The summed E-state index contributed by atoms with van der Waals surface area (Å²) in [6.07, 6.45) is 0. The minimum atomic E-state index is -3.72. The Hall–Kier alpha value is -0.450. The largest absolute Gasteiger partial charge is 0.492 e. The van der Waals surface area contributed by atoms with Gasteiger partial charge in [0, 0.05) is 10.7 Å². The van der Waals surface area contributed by atoms with Gasteiger partial charge < -0.3 is 4.74 Å². The van der Waals surface area contributed by atoms with Crippen LogP contribution in [0.2, 0.25) is 5.02 Å². The van der Waals surface area contributed by atoms with Crippen LogP contribution in [0.3, 0.4) is 0 Å². The first-order chi connectivity index (χ1) is 6.45. The Balaban J connectivity index is 3.13. The van der Waals surface area contributed by atoms with Gasteiger partial charge in [0.1, 0.15) is 5.75 Å². The maximum Gasteiger partial charge on any atom is 0.261 e. The summed E-state index contributed by atoms with van der Waals surface area (Å²) in [5.41, 5.74) is 0. The first-order valence-electron chi connectivity index (χ1n) is 3.82. The zero-order valence-corrected chi connectivity index (χ0v) is 9.66. The molecule has 0 bridgehead atoms. The fourth-order valence-corrected chi connectivity index (χ4v) is 1.98. The van der Waals surface area contributed by atoms with Crippen LogP contribution < -0.4 is 4.74 Å². The average Bonchev–Trinajstić information content (AvgIpc) is 2.07. The third kappa shape index (κ3) is 2.77. The van der Waals surface area contributed by atoms with Crippen molar-refractivity contribution in [1.82, 2.24) is 0 Å². The minimum Gasteiger partial charge on any atom is -0.492 e. The maximum absolute atomic E-state index is 10.9. The van der Waals surface area contributed by atoms with Crippen LogP contribution in [-0.4, -0.2) is 15.0 Å².